The summed E-state index contributed by atoms with van der Waals surface area (Å²) >= 11 is 6.15. The summed E-state index contributed by atoms with van der Waals surface area (Å²) in [5, 5.41) is 1.85. The molecule has 140 valence electrons. The molecule has 0 aliphatic heterocycles. The largest absolute Gasteiger partial charge is 0.396 e. The summed E-state index contributed by atoms with van der Waals surface area (Å²) in [5.74, 6) is -0.755. The van der Waals surface area contributed by atoms with Crippen LogP contribution in [0.15, 0.2) is 72.8 Å². The smallest absolute Gasteiger partial charge is 0.369 e. The van der Waals surface area contributed by atoms with E-state index in [0.717, 1.165) is 10.9 Å². The number of hydrogen-bond acceptors (Lipinski definition) is 5. The highest BCUT2D eigenvalue weighted by molar-refractivity contribution is 7.92. The first kappa shape index (κ1) is 19.6. The number of hydrogen-bond donors (Lipinski definition) is 1. The van der Waals surface area contributed by atoms with Crippen LogP contribution in [0.5, 0.6) is 0 Å². The SMILES string of the molecule is C[C@H](NOCc1ccccc1)C(=O)OP(=O)(Cl)c1cccc2ccccc12. The van der Waals surface area contributed by atoms with Crippen LogP contribution in [0, 0.1) is 0 Å². The van der Waals surface area contributed by atoms with Crippen LogP contribution in [0.2, 0.25) is 0 Å². The Labute approximate surface area is 162 Å². The number of nitrogens with one attached hydrogen (secondary N) is 1. The van der Waals surface area contributed by atoms with Crippen LogP contribution in [0.25, 0.3) is 10.8 Å². The van der Waals surface area contributed by atoms with Gasteiger partial charge in [-0.05, 0) is 40.6 Å². The van der Waals surface area contributed by atoms with Crippen molar-refractivity contribution in [2.24, 2.45) is 0 Å². The molecule has 0 bridgehead atoms. The van der Waals surface area contributed by atoms with E-state index >= 15 is 0 Å². The molecule has 0 fully saturated rings. The molecule has 0 heterocycles. The van der Waals surface area contributed by atoms with Gasteiger partial charge in [-0.2, -0.15) is 5.48 Å². The lowest BCUT2D eigenvalue weighted by Gasteiger charge is -2.17. The van der Waals surface area contributed by atoms with Crippen molar-refractivity contribution in [1.29, 1.82) is 0 Å². The molecular weight excluding hydrogens is 385 g/mol. The first-order valence-electron chi connectivity index (χ1n) is 8.40. The van der Waals surface area contributed by atoms with Crippen LogP contribution in [0.1, 0.15) is 12.5 Å². The van der Waals surface area contributed by atoms with Crippen molar-refractivity contribution in [2.45, 2.75) is 19.6 Å². The average Bonchev–Trinajstić information content (AvgIpc) is 2.68. The van der Waals surface area contributed by atoms with E-state index in [-0.39, 0.29) is 6.61 Å². The molecule has 27 heavy (non-hydrogen) atoms. The van der Waals surface area contributed by atoms with Gasteiger partial charge in [-0.15, -0.1) is 0 Å². The van der Waals surface area contributed by atoms with Crippen LogP contribution in [0.4, 0.5) is 0 Å². The van der Waals surface area contributed by atoms with E-state index < -0.39 is 18.7 Å². The first-order chi connectivity index (χ1) is 13.0. The molecule has 0 amide bonds. The number of benzene rings is 3. The van der Waals surface area contributed by atoms with Gasteiger partial charge in [-0.1, -0.05) is 66.7 Å². The van der Waals surface area contributed by atoms with E-state index in [4.69, 9.17) is 20.6 Å². The summed E-state index contributed by atoms with van der Waals surface area (Å²) < 4.78 is 18.0. The van der Waals surface area contributed by atoms with Crippen LogP contribution >= 0.6 is 18.0 Å². The predicted molar refractivity (Wildman–Crippen MR) is 107 cm³/mol. The molecule has 3 rings (SSSR count). The Bertz CT molecular complexity index is 975. The fraction of sp³-hybridized carbons (Fsp3) is 0.150. The Morgan fingerprint density at radius 3 is 2.48 bits per heavy atom. The molecule has 0 saturated heterocycles. The molecular formula is C20H19ClNO4P. The zero-order valence-electron chi connectivity index (χ0n) is 14.7. The minimum absolute atomic E-state index is 0.278. The number of fused-ring (bicyclic) bond motifs is 1. The van der Waals surface area contributed by atoms with Gasteiger partial charge in [0.1, 0.15) is 6.04 Å². The molecule has 0 saturated carbocycles. The van der Waals surface area contributed by atoms with Crippen molar-refractivity contribution in [3.63, 3.8) is 0 Å². The third-order valence-electron chi connectivity index (χ3n) is 3.96. The lowest BCUT2D eigenvalue weighted by Crippen LogP contribution is -2.35. The number of hydroxylamine groups is 1. The van der Waals surface area contributed by atoms with Crippen molar-refractivity contribution in [3.05, 3.63) is 78.4 Å². The van der Waals surface area contributed by atoms with Gasteiger partial charge < -0.3 is 4.52 Å². The second-order valence-electron chi connectivity index (χ2n) is 6.00. The summed E-state index contributed by atoms with van der Waals surface area (Å²) in [7, 11) is 0. The lowest BCUT2D eigenvalue weighted by atomic mass is 10.1. The Morgan fingerprint density at radius 1 is 1.04 bits per heavy atom. The second-order valence-corrected chi connectivity index (χ2v) is 8.96. The van der Waals surface area contributed by atoms with Gasteiger partial charge >= 0.3 is 12.7 Å². The van der Waals surface area contributed by atoms with Crippen LogP contribution < -0.4 is 10.8 Å². The maximum atomic E-state index is 12.9. The topological polar surface area (TPSA) is 64.6 Å². The summed E-state index contributed by atoms with van der Waals surface area (Å²) in [6.07, 6.45) is 0. The van der Waals surface area contributed by atoms with Gasteiger partial charge in [-0.3, -0.25) is 9.40 Å². The highest BCUT2D eigenvalue weighted by Crippen LogP contribution is 2.52. The van der Waals surface area contributed by atoms with Crippen molar-refractivity contribution in [2.75, 3.05) is 0 Å². The Balaban J connectivity index is 1.64. The van der Waals surface area contributed by atoms with Gasteiger partial charge in [0.05, 0.1) is 11.9 Å². The average molecular weight is 404 g/mol. The molecule has 0 spiro atoms. The Morgan fingerprint density at radius 2 is 1.70 bits per heavy atom. The highest BCUT2D eigenvalue weighted by atomic mass is 35.7. The maximum absolute atomic E-state index is 12.9. The van der Waals surface area contributed by atoms with Crippen LogP contribution in [0.3, 0.4) is 0 Å². The predicted octanol–water partition coefficient (Wildman–Crippen LogP) is 4.55. The molecule has 3 aromatic carbocycles. The summed E-state index contributed by atoms with van der Waals surface area (Å²) in [6.45, 7) is -2.04. The maximum Gasteiger partial charge on any atom is 0.369 e. The van der Waals surface area contributed by atoms with Gasteiger partial charge in [0.2, 0.25) is 0 Å². The van der Waals surface area contributed by atoms with E-state index in [1.165, 1.54) is 0 Å². The summed E-state index contributed by atoms with van der Waals surface area (Å²) in [4.78, 5) is 17.6. The standard InChI is InChI=1S/C20H19ClNO4P/c1-15(22-25-14-16-8-3-2-4-9-16)20(23)26-27(21,24)19-13-7-11-17-10-5-6-12-18(17)19/h2-13,15,22H,14H2,1H3/t15-,27?/m0/s1. The van der Waals surface area contributed by atoms with Gasteiger partial charge in [-0.25, -0.2) is 4.79 Å². The van der Waals surface area contributed by atoms with E-state index in [1.54, 1.807) is 25.1 Å². The molecule has 0 radical (unpaired) electrons. The molecule has 0 aromatic heterocycles. The molecule has 1 unspecified atom stereocenters. The van der Waals surface area contributed by atoms with Crippen LogP contribution in [-0.4, -0.2) is 12.0 Å². The fourth-order valence-electron chi connectivity index (χ4n) is 2.56. The zero-order valence-corrected chi connectivity index (χ0v) is 16.3. The monoisotopic (exact) mass is 403 g/mol. The van der Waals surface area contributed by atoms with Crippen molar-refractivity contribution < 1.29 is 18.7 Å². The van der Waals surface area contributed by atoms with Gasteiger partial charge in [0.25, 0.3) is 0 Å². The number of halogens is 1. The summed E-state index contributed by atoms with van der Waals surface area (Å²) in [6, 6.07) is 21.2. The Hall–Kier alpha value is -2.17. The Kier molecular flexibility index (Phi) is 6.30. The van der Waals surface area contributed by atoms with E-state index in [1.807, 2.05) is 54.6 Å². The first-order valence-corrected chi connectivity index (χ1v) is 10.9. The minimum Gasteiger partial charge on any atom is -0.396 e. The molecule has 5 nitrogen and oxygen atoms in total. The van der Waals surface area contributed by atoms with E-state index in [9.17, 15) is 9.36 Å². The van der Waals surface area contributed by atoms with Gasteiger partial charge in [0.15, 0.2) is 0 Å². The third kappa shape index (κ3) is 4.96. The lowest BCUT2D eigenvalue weighted by molar-refractivity contribution is -0.140. The second kappa shape index (κ2) is 8.68. The number of carbonyl (C=O) groups excluding carboxylic acids is 1. The van der Waals surface area contributed by atoms with Crippen LogP contribution in [-0.2, 0) is 25.3 Å². The minimum atomic E-state index is -3.86. The molecule has 7 heteroatoms. The van der Waals surface area contributed by atoms with Crippen molar-refractivity contribution >= 4 is 40.0 Å². The molecule has 2 atom stereocenters. The molecule has 1 N–H and O–H groups in total. The zero-order chi connectivity index (χ0) is 19.3. The number of carbonyl (C=O) groups is 1. The number of rotatable bonds is 7. The van der Waals surface area contributed by atoms with E-state index in [0.29, 0.717) is 10.7 Å². The van der Waals surface area contributed by atoms with Crippen molar-refractivity contribution in [3.8, 4) is 0 Å². The molecule has 0 aliphatic rings. The highest BCUT2D eigenvalue weighted by Gasteiger charge is 2.31. The summed E-state index contributed by atoms with van der Waals surface area (Å²) in [5.41, 5.74) is 3.54. The quantitative estimate of drug-likeness (QED) is 0.463. The molecule has 3 aromatic rings. The van der Waals surface area contributed by atoms with E-state index in [2.05, 4.69) is 5.48 Å². The third-order valence-corrected chi connectivity index (χ3v) is 6.09. The normalized spacial score (nSPS) is 14.4. The van der Waals surface area contributed by atoms with Gasteiger partial charge in [0, 0.05) is 0 Å². The molecule has 0 aliphatic carbocycles. The van der Waals surface area contributed by atoms with Crippen molar-refractivity contribution in [1.82, 2.24) is 5.48 Å². The fourth-order valence-corrected chi connectivity index (χ4v) is 4.45.